The van der Waals surface area contributed by atoms with Crippen LogP contribution in [0.3, 0.4) is 0 Å². The fourth-order valence-corrected chi connectivity index (χ4v) is 2.53. The van der Waals surface area contributed by atoms with Crippen molar-refractivity contribution in [1.29, 1.82) is 0 Å². The van der Waals surface area contributed by atoms with Crippen molar-refractivity contribution < 1.29 is 9.21 Å². The first-order valence-corrected chi connectivity index (χ1v) is 7.71. The van der Waals surface area contributed by atoms with Crippen LogP contribution >= 0.6 is 0 Å². The minimum Gasteiger partial charge on any atom is -0.467 e. The van der Waals surface area contributed by atoms with Gasteiger partial charge in [-0.3, -0.25) is 4.79 Å². The maximum absolute atomic E-state index is 12.6. The quantitative estimate of drug-likeness (QED) is 0.919. The Morgan fingerprint density at radius 1 is 1.30 bits per heavy atom. The van der Waals surface area contributed by atoms with E-state index in [1.165, 1.54) is 0 Å². The van der Waals surface area contributed by atoms with E-state index in [0.717, 1.165) is 31.9 Å². The number of furan rings is 1. The Hall–Kier alpha value is -2.41. The van der Waals surface area contributed by atoms with Gasteiger partial charge < -0.3 is 19.5 Å². The molecule has 1 amide bonds. The molecule has 7 nitrogen and oxygen atoms in total. The zero-order valence-corrected chi connectivity index (χ0v) is 13.5. The highest BCUT2D eigenvalue weighted by atomic mass is 16.3. The average molecular weight is 315 g/mol. The van der Waals surface area contributed by atoms with Gasteiger partial charge in [0, 0.05) is 32.2 Å². The number of rotatable bonds is 4. The van der Waals surface area contributed by atoms with Crippen LogP contribution in [0.15, 0.2) is 28.9 Å². The zero-order chi connectivity index (χ0) is 16.2. The molecule has 0 bridgehead atoms. The first kappa shape index (κ1) is 15.5. The Labute approximate surface area is 135 Å². The Morgan fingerprint density at radius 2 is 2.09 bits per heavy atom. The standard InChI is InChI=1S/C16H21N5O2/c1-12-18-14(16(22)21-7-5-20(2)6-8-21)10-15(19-12)17-11-13-4-3-9-23-13/h3-4,9-10H,5-8,11H2,1-2H3,(H,17,18,19). The van der Waals surface area contributed by atoms with Crippen LogP contribution in [0, 0.1) is 6.92 Å². The summed E-state index contributed by atoms with van der Waals surface area (Å²) in [7, 11) is 2.06. The molecule has 1 aliphatic rings. The summed E-state index contributed by atoms with van der Waals surface area (Å²) < 4.78 is 5.28. The molecule has 1 aliphatic heterocycles. The third kappa shape index (κ3) is 3.87. The molecule has 3 rings (SSSR count). The SMILES string of the molecule is Cc1nc(NCc2ccco2)cc(C(=O)N2CCN(C)CC2)n1. The normalized spacial score (nSPS) is 15.7. The number of piperazine rings is 1. The second-order valence-corrected chi connectivity index (χ2v) is 5.71. The Balaban J connectivity index is 1.70. The number of aryl methyl sites for hydroxylation is 1. The third-order valence-electron chi connectivity index (χ3n) is 3.87. The second-order valence-electron chi connectivity index (χ2n) is 5.71. The molecule has 1 N–H and O–H groups in total. The highest BCUT2D eigenvalue weighted by Gasteiger charge is 2.22. The zero-order valence-electron chi connectivity index (χ0n) is 13.5. The fourth-order valence-electron chi connectivity index (χ4n) is 2.53. The van der Waals surface area contributed by atoms with Crippen LogP contribution in [0.4, 0.5) is 5.82 Å². The number of hydrogen-bond acceptors (Lipinski definition) is 6. The lowest BCUT2D eigenvalue weighted by Gasteiger charge is -2.32. The van der Waals surface area contributed by atoms with Gasteiger partial charge in [0.15, 0.2) is 0 Å². The van der Waals surface area contributed by atoms with Crippen molar-refractivity contribution in [3.63, 3.8) is 0 Å². The lowest BCUT2D eigenvalue weighted by atomic mass is 10.2. The molecule has 0 aliphatic carbocycles. The van der Waals surface area contributed by atoms with Crippen LogP contribution < -0.4 is 5.32 Å². The number of nitrogens with zero attached hydrogens (tertiary/aromatic N) is 4. The van der Waals surface area contributed by atoms with Gasteiger partial charge in [-0.1, -0.05) is 0 Å². The van der Waals surface area contributed by atoms with Crippen LogP contribution in [0.1, 0.15) is 22.1 Å². The van der Waals surface area contributed by atoms with E-state index in [4.69, 9.17) is 4.42 Å². The van der Waals surface area contributed by atoms with E-state index >= 15 is 0 Å². The summed E-state index contributed by atoms with van der Waals surface area (Å²) in [5, 5.41) is 3.17. The van der Waals surface area contributed by atoms with Crippen molar-refractivity contribution in [3.8, 4) is 0 Å². The lowest BCUT2D eigenvalue weighted by molar-refractivity contribution is 0.0658. The molecule has 0 aromatic carbocycles. The molecule has 3 heterocycles. The molecule has 1 fully saturated rings. The van der Waals surface area contributed by atoms with Gasteiger partial charge >= 0.3 is 0 Å². The average Bonchev–Trinajstić information content (AvgIpc) is 3.06. The molecular formula is C16H21N5O2. The van der Waals surface area contributed by atoms with E-state index < -0.39 is 0 Å². The number of anilines is 1. The van der Waals surface area contributed by atoms with Crippen molar-refractivity contribution in [1.82, 2.24) is 19.8 Å². The van der Waals surface area contributed by atoms with Crippen molar-refractivity contribution in [2.45, 2.75) is 13.5 Å². The number of aromatic nitrogens is 2. The van der Waals surface area contributed by atoms with E-state index in [2.05, 4.69) is 27.2 Å². The smallest absolute Gasteiger partial charge is 0.272 e. The van der Waals surface area contributed by atoms with Crippen molar-refractivity contribution >= 4 is 11.7 Å². The van der Waals surface area contributed by atoms with Gasteiger partial charge in [0.05, 0.1) is 12.8 Å². The second kappa shape index (κ2) is 6.78. The van der Waals surface area contributed by atoms with Gasteiger partial charge in [-0.05, 0) is 26.1 Å². The molecule has 0 spiro atoms. The molecule has 0 unspecified atom stereocenters. The highest BCUT2D eigenvalue weighted by Crippen LogP contribution is 2.12. The lowest BCUT2D eigenvalue weighted by Crippen LogP contribution is -2.47. The van der Waals surface area contributed by atoms with Gasteiger partial charge in [0.1, 0.15) is 23.1 Å². The summed E-state index contributed by atoms with van der Waals surface area (Å²) in [6, 6.07) is 5.43. The molecule has 2 aromatic heterocycles. The number of hydrogen-bond donors (Lipinski definition) is 1. The van der Waals surface area contributed by atoms with E-state index in [9.17, 15) is 4.79 Å². The van der Waals surface area contributed by atoms with Gasteiger partial charge in [0.2, 0.25) is 0 Å². The fraction of sp³-hybridized carbons (Fsp3) is 0.438. The largest absolute Gasteiger partial charge is 0.467 e. The Kier molecular flexibility index (Phi) is 4.57. The number of likely N-dealkylation sites (N-methyl/N-ethyl adjacent to an activating group) is 1. The molecule has 2 aromatic rings. The summed E-state index contributed by atoms with van der Waals surface area (Å²) in [5.41, 5.74) is 0.434. The summed E-state index contributed by atoms with van der Waals surface area (Å²) in [5.74, 6) is 1.98. The first-order chi connectivity index (χ1) is 11.1. The predicted octanol–water partition coefficient (Wildman–Crippen LogP) is 1.38. The summed E-state index contributed by atoms with van der Waals surface area (Å²) in [6.07, 6.45) is 1.63. The van der Waals surface area contributed by atoms with E-state index in [1.54, 1.807) is 19.3 Å². The highest BCUT2D eigenvalue weighted by molar-refractivity contribution is 5.93. The van der Waals surface area contributed by atoms with E-state index in [0.29, 0.717) is 23.9 Å². The molecule has 122 valence electrons. The van der Waals surface area contributed by atoms with Crippen LogP contribution in [-0.4, -0.2) is 58.9 Å². The molecule has 1 saturated heterocycles. The predicted molar refractivity (Wildman–Crippen MR) is 86.2 cm³/mol. The molecule has 0 saturated carbocycles. The van der Waals surface area contributed by atoms with Crippen molar-refractivity contribution in [2.24, 2.45) is 0 Å². The van der Waals surface area contributed by atoms with Gasteiger partial charge in [0.25, 0.3) is 5.91 Å². The van der Waals surface area contributed by atoms with Crippen LogP contribution in [0.5, 0.6) is 0 Å². The van der Waals surface area contributed by atoms with Crippen molar-refractivity contribution in [3.05, 3.63) is 41.7 Å². The molecular weight excluding hydrogens is 294 g/mol. The maximum Gasteiger partial charge on any atom is 0.272 e. The van der Waals surface area contributed by atoms with E-state index in [1.807, 2.05) is 17.0 Å². The first-order valence-electron chi connectivity index (χ1n) is 7.71. The molecule has 23 heavy (non-hydrogen) atoms. The van der Waals surface area contributed by atoms with Crippen LogP contribution in [-0.2, 0) is 6.54 Å². The van der Waals surface area contributed by atoms with Crippen LogP contribution in [0.2, 0.25) is 0 Å². The van der Waals surface area contributed by atoms with Gasteiger partial charge in [-0.15, -0.1) is 0 Å². The topological polar surface area (TPSA) is 74.5 Å². The minimum absolute atomic E-state index is 0.0374. The van der Waals surface area contributed by atoms with Crippen molar-refractivity contribution in [2.75, 3.05) is 38.5 Å². The Morgan fingerprint density at radius 3 is 2.78 bits per heavy atom. The molecule has 0 atom stereocenters. The number of carbonyl (C=O) groups excluding carboxylic acids is 1. The van der Waals surface area contributed by atoms with E-state index in [-0.39, 0.29) is 5.91 Å². The monoisotopic (exact) mass is 315 g/mol. The number of amides is 1. The maximum atomic E-state index is 12.6. The summed E-state index contributed by atoms with van der Waals surface area (Å²) >= 11 is 0. The number of carbonyl (C=O) groups is 1. The minimum atomic E-state index is -0.0374. The van der Waals surface area contributed by atoms with Gasteiger partial charge in [-0.2, -0.15) is 0 Å². The molecule has 0 radical (unpaired) electrons. The number of nitrogens with one attached hydrogen (secondary N) is 1. The van der Waals surface area contributed by atoms with Crippen LogP contribution in [0.25, 0.3) is 0 Å². The van der Waals surface area contributed by atoms with Gasteiger partial charge in [-0.25, -0.2) is 9.97 Å². The third-order valence-corrected chi connectivity index (χ3v) is 3.87. The summed E-state index contributed by atoms with van der Waals surface area (Å²) in [4.78, 5) is 25.3. The Bertz CT molecular complexity index is 663. The molecule has 7 heteroatoms. The summed E-state index contributed by atoms with van der Waals surface area (Å²) in [6.45, 7) is 5.55.